The van der Waals surface area contributed by atoms with Gasteiger partial charge >= 0.3 is 30.5 Å². The molecule has 2 heteroatoms. The van der Waals surface area contributed by atoms with Crippen molar-refractivity contribution in [3.63, 3.8) is 0 Å². The van der Waals surface area contributed by atoms with Gasteiger partial charge in [0.2, 0.25) is 0 Å². The number of hydrogen-bond acceptors (Lipinski definition) is 1. The summed E-state index contributed by atoms with van der Waals surface area (Å²) < 4.78 is 0. The molecular weight excluding hydrogens is 269 g/mol. The first kappa shape index (κ1) is 7.65. The molecule has 0 aromatic heterocycles. The minimum atomic E-state index is 0.722. The van der Waals surface area contributed by atoms with Crippen molar-refractivity contribution in [2.75, 3.05) is 4.93 Å². The minimum absolute atomic E-state index is 0.722. The molecule has 2 N–H and O–H groups in total. The molecule has 0 bridgehead atoms. The van der Waals surface area contributed by atoms with E-state index >= 15 is 0 Å². The summed E-state index contributed by atoms with van der Waals surface area (Å²) in [6.07, 6.45) is 6.00. The summed E-state index contributed by atoms with van der Waals surface area (Å²) >= 11 is 2.05. The standard InChI is InChI=1S/C4H8.CH4N.Pt/c1-2-4-3-1;1-2;/h1-4H2;1-2H2;. The maximum absolute atomic E-state index is 4.83. The van der Waals surface area contributed by atoms with Crippen molar-refractivity contribution in [3.05, 3.63) is 0 Å². The molecule has 0 aliphatic heterocycles. The van der Waals surface area contributed by atoms with Crippen molar-refractivity contribution in [2.45, 2.75) is 25.7 Å². The maximum atomic E-state index is 4.83. The topological polar surface area (TPSA) is 26.0 Å². The molecule has 1 saturated carbocycles. The fraction of sp³-hybridized carbons (Fsp3) is 1.00. The third kappa shape index (κ3) is 6.65. The molecular formula is C5H12NPt. The number of rotatable bonds is 0. The first-order chi connectivity index (χ1) is 3.41. The zero-order chi connectivity index (χ0) is 5.54. The molecule has 0 aromatic rings. The molecule has 0 unspecified atom stereocenters. The van der Waals surface area contributed by atoms with Crippen molar-refractivity contribution in [3.8, 4) is 0 Å². The summed E-state index contributed by atoms with van der Waals surface area (Å²) in [5, 5.41) is 0. The molecule has 47 valence electrons. The van der Waals surface area contributed by atoms with Crippen LogP contribution in [0.5, 0.6) is 0 Å². The van der Waals surface area contributed by atoms with E-state index in [1.54, 1.807) is 0 Å². The molecule has 1 fully saturated rings. The summed E-state index contributed by atoms with van der Waals surface area (Å²) in [7, 11) is 0. The Morgan fingerprint density at radius 1 is 1.14 bits per heavy atom. The Balaban J connectivity index is 0.000000110. The Kier molecular flexibility index (Phi) is 7.26. The normalized spacial score (nSPS) is 16.4. The zero-order valence-electron chi connectivity index (χ0n) is 4.43. The first-order valence-electron chi connectivity index (χ1n) is 2.63. The van der Waals surface area contributed by atoms with E-state index < -0.39 is 0 Å². The van der Waals surface area contributed by atoms with E-state index in [1.165, 1.54) is 25.7 Å². The van der Waals surface area contributed by atoms with Crippen LogP contribution in [0.2, 0.25) is 0 Å². The van der Waals surface area contributed by atoms with E-state index in [4.69, 9.17) is 5.73 Å². The molecule has 1 nitrogen and oxygen atoms in total. The Morgan fingerprint density at radius 3 is 1.29 bits per heavy atom. The van der Waals surface area contributed by atoms with Crippen molar-refractivity contribution in [2.24, 2.45) is 5.73 Å². The SMILES string of the molecule is C1CCC1.N[CH2][Pt]. The average Bonchev–Trinajstić information content (AvgIpc) is 1.27. The van der Waals surface area contributed by atoms with E-state index in [2.05, 4.69) is 19.8 Å². The monoisotopic (exact) mass is 281 g/mol. The van der Waals surface area contributed by atoms with Crippen LogP contribution in [0, 0.1) is 0 Å². The van der Waals surface area contributed by atoms with Crippen LogP contribution < -0.4 is 5.73 Å². The molecule has 1 rings (SSSR count). The second kappa shape index (κ2) is 6.65. The van der Waals surface area contributed by atoms with E-state index in [-0.39, 0.29) is 0 Å². The Hall–Kier alpha value is 0.648. The van der Waals surface area contributed by atoms with Crippen molar-refractivity contribution in [1.82, 2.24) is 0 Å². The molecule has 0 atom stereocenters. The van der Waals surface area contributed by atoms with Crippen molar-refractivity contribution >= 4 is 0 Å². The van der Waals surface area contributed by atoms with Crippen LogP contribution in [0.4, 0.5) is 0 Å². The molecule has 0 aromatic carbocycles. The molecule has 0 saturated heterocycles. The molecule has 0 radical (unpaired) electrons. The van der Waals surface area contributed by atoms with Gasteiger partial charge < -0.3 is 0 Å². The zero-order valence-corrected chi connectivity index (χ0v) is 6.70. The quantitative estimate of drug-likeness (QED) is 0.704. The summed E-state index contributed by atoms with van der Waals surface area (Å²) in [5.41, 5.74) is 4.83. The Bertz CT molecular complexity index is 23.3. The van der Waals surface area contributed by atoms with E-state index in [0.29, 0.717) is 0 Å². The molecule has 7 heavy (non-hydrogen) atoms. The fourth-order valence-electron chi connectivity index (χ4n) is 0.250. The molecule has 0 spiro atoms. The van der Waals surface area contributed by atoms with Crippen LogP contribution in [-0.2, 0) is 19.8 Å². The Labute approximate surface area is 56.6 Å². The van der Waals surface area contributed by atoms with E-state index in [1.807, 2.05) is 0 Å². The van der Waals surface area contributed by atoms with E-state index in [0.717, 1.165) is 4.93 Å². The van der Waals surface area contributed by atoms with Gasteiger partial charge in [-0.05, 0) is 0 Å². The Morgan fingerprint density at radius 2 is 1.29 bits per heavy atom. The van der Waals surface area contributed by atoms with Gasteiger partial charge in [-0.3, -0.25) is 0 Å². The van der Waals surface area contributed by atoms with Crippen LogP contribution in [-0.4, -0.2) is 4.93 Å². The number of hydrogen-bond donors (Lipinski definition) is 1. The average molecular weight is 281 g/mol. The molecule has 1 aliphatic carbocycles. The fourth-order valence-corrected chi connectivity index (χ4v) is 0.250. The van der Waals surface area contributed by atoms with Crippen LogP contribution >= 0.6 is 0 Å². The van der Waals surface area contributed by atoms with Crippen molar-refractivity contribution < 1.29 is 19.8 Å². The van der Waals surface area contributed by atoms with Gasteiger partial charge in [-0.1, -0.05) is 25.7 Å². The van der Waals surface area contributed by atoms with Gasteiger partial charge in [-0.15, -0.1) is 0 Å². The third-order valence-corrected chi connectivity index (χ3v) is 1.000. The molecule has 0 heterocycles. The summed E-state index contributed by atoms with van der Waals surface area (Å²) in [4.78, 5) is 0.722. The predicted octanol–water partition coefficient (Wildman–Crippen LogP) is 1.01. The van der Waals surface area contributed by atoms with Crippen LogP contribution in [0.1, 0.15) is 25.7 Å². The molecule has 0 amide bonds. The van der Waals surface area contributed by atoms with Gasteiger partial charge in [0.15, 0.2) is 0 Å². The molecule has 1 aliphatic rings. The van der Waals surface area contributed by atoms with Crippen LogP contribution in [0.25, 0.3) is 0 Å². The number of nitrogens with two attached hydrogens (primary N) is 1. The van der Waals surface area contributed by atoms with E-state index in [9.17, 15) is 0 Å². The van der Waals surface area contributed by atoms with Gasteiger partial charge in [0.05, 0.1) is 0 Å². The first-order valence-corrected chi connectivity index (χ1v) is 4.24. The summed E-state index contributed by atoms with van der Waals surface area (Å²) in [6, 6.07) is 0. The van der Waals surface area contributed by atoms with Crippen LogP contribution in [0.15, 0.2) is 0 Å². The predicted molar refractivity (Wildman–Crippen MR) is 27.5 cm³/mol. The van der Waals surface area contributed by atoms with Gasteiger partial charge in [0.1, 0.15) is 0 Å². The van der Waals surface area contributed by atoms with Gasteiger partial charge in [-0.2, -0.15) is 0 Å². The van der Waals surface area contributed by atoms with Crippen molar-refractivity contribution in [1.29, 1.82) is 0 Å². The second-order valence-electron chi connectivity index (χ2n) is 1.54. The third-order valence-electron chi connectivity index (χ3n) is 1.000. The summed E-state index contributed by atoms with van der Waals surface area (Å²) in [6.45, 7) is 0. The van der Waals surface area contributed by atoms with Crippen LogP contribution in [0.3, 0.4) is 0 Å². The summed E-state index contributed by atoms with van der Waals surface area (Å²) in [5.74, 6) is 0. The van der Waals surface area contributed by atoms with Gasteiger partial charge in [-0.25, -0.2) is 0 Å². The van der Waals surface area contributed by atoms with Gasteiger partial charge in [0, 0.05) is 0 Å². The second-order valence-corrected chi connectivity index (χ2v) is 2.47. The van der Waals surface area contributed by atoms with Gasteiger partial charge in [0.25, 0.3) is 0 Å².